The summed E-state index contributed by atoms with van der Waals surface area (Å²) in [5.41, 5.74) is 4.54. The molecule has 376 valence electrons. The average Bonchev–Trinajstić information content (AvgIpc) is 3.99. The van der Waals surface area contributed by atoms with Crippen molar-refractivity contribution < 1.29 is 43.2 Å². The second-order valence-electron chi connectivity index (χ2n) is 21.3. The van der Waals surface area contributed by atoms with Gasteiger partial charge in [-0.2, -0.15) is 0 Å². The van der Waals surface area contributed by atoms with Crippen LogP contribution in [0.25, 0.3) is 0 Å². The SMILES string of the molecule is CC1C=CCC2C(=O)N(c3ccc(Cc4ccc(N5C(=O)c6ccc(C(=O)c7ccc8c(c7)C(=O)N(c7ccc(Cc9ccc(N%10C(=O)C%11CC=CC(C)C%11(C)C%10=O)cc9)cc7)C8=O)cc6C5=O)cc4)cc3)C(=O)C12C. The molecule has 2 saturated heterocycles. The van der Waals surface area contributed by atoms with Crippen molar-refractivity contribution in [1.82, 2.24) is 0 Å². The van der Waals surface area contributed by atoms with Gasteiger partial charge in [0.15, 0.2) is 5.78 Å². The molecule has 13 heteroatoms. The zero-order valence-corrected chi connectivity index (χ0v) is 42.1. The molecule has 6 atom stereocenters. The van der Waals surface area contributed by atoms with E-state index in [2.05, 4.69) is 0 Å². The number of rotatable bonds is 10. The van der Waals surface area contributed by atoms with Gasteiger partial charge in [-0.05, 0) is 146 Å². The predicted molar refractivity (Wildman–Crippen MR) is 284 cm³/mol. The van der Waals surface area contributed by atoms with Crippen molar-refractivity contribution in [1.29, 1.82) is 0 Å². The highest BCUT2D eigenvalue weighted by molar-refractivity contribution is 6.36. The maximum absolute atomic E-state index is 14.0. The standard InChI is InChI=1S/C63H50N4O9/c1-35-7-5-9-51-58(73)66(60(75)62(35,51)3)45-25-15-39(16-26-45)31-37-11-21-43(22-12-37)64-54(69)47-29-19-41(33-49(47)56(64)71)53(68)42-20-30-48-50(34-42)57(72)65(55(48)70)44-23-13-38(14-24-44)32-40-17-27-46(28-18-40)67-59(74)52-10-6-8-36(2)63(52,4)61(67)76/h5-8,11-30,33-36,51-52H,9-10,31-32H2,1-4H3. The molecule has 6 aromatic carbocycles. The van der Waals surface area contributed by atoms with Gasteiger partial charge in [-0.3, -0.25) is 43.2 Å². The molecule has 0 bridgehead atoms. The lowest BCUT2D eigenvalue weighted by atomic mass is 9.66. The molecule has 6 aromatic rings. The third-order valence-electron chi connectivity index (χ3n) is 17.2. The van der Waals surface area contributed by atoms with Gasteiger partial charge in [0, 0.05) is 11.1 Å². The number of hydrogen-bond acceptors (Lipinski definition) is 9. The summed E-state index contributed by atoms with van der Waals surface area (Å²) in [6.45, 7) is 7.71. The summed E-state index contributed by atoms with van der Waals surface area (Å²) in [6, 6.07) is 37.3. The van der Waals surface area contributed by atoms with E-state index in [4.69, 9.17) is 0 Å². The molecule has 4 aliphatic heterocycles. The Morgan fingerprint density at radius 3 is 1.04 bits per heavy atom. The fourth-order valence-electron chi connectivity index (χ4n) is 12.2. The van der Waals surface area contributed by atoms with E-state index in [1.807, 2.05) is 101 Å². The molecule has 0 spiro atoms. The van der Waals surface area contributed by atoms with E-state index in [1.54, 1.807) is 48.5 Å². The number of carbonyl (C=O) groups excluding carboxylic acids is 9. The highest BCUT2D eigenvalue weighted by atomic mass is 16.2. The summed E-state index contributed by atoms with van der Waals surface area (Å²) in [4.78, 5) is 128. The molecule has 6 aliphatic rings. The number of ketones is 1. The Kier molecular flexibility index (Phi) is 11.1. The van der Waals surface area contributed by atoms with Crippen molar-refractivity contribution in [2.45, 2.75) is 53.4 Å². The van der Waals surface area contributed by atoms with Crippen molar-refractivity contribution in [3.63, 3.8) is 0 Å². The van der Waals surface area contributed by atoms with Crippen molar-refractivity contribution in [2.24, 2.45) is 34.5 Å². The Labute approximate surface area is 438 Å². The molecule has 0 radical (unpaired) electrons. The maximum Gasteiger partial charge on any atom is 0.266 e. The van der Waals surface area contributed by atoms with Crippen LogP contribution in [0.5, 0.6) is 0 Å². The molecule has 0 saturated carbocycles. The van der Waals surface area contributed by atoms with Crippen LogP contribution in [0.3, 0.4) is 0 Å². The van der Waals surface area contributed by atoms with Crippen LogP contribution in [-0.2, 0) is 32.0 Å². The number of carbonyl (C=O) groups is 9. The van der Waals surface area contributed by atoms with Crippen molar-refractivity contribution in [3.05, 3.63) is 213 Å². The number of imide groups is 4. The number of nitrogens with zero attached hydrogens (tertiary/aromatic N) is 4. The molecule has 4 heterocycles. The first kappa shape index (κ1) is 48.0. The molecule has 76 heavy (non-hydrogen) atoms. The van der Waals surface area contributed by atoms with E-state index in [1.165, 1.54) is 46.2 Å². The lowest BCUT2D eigenvalue weighted by Gasteiger charge is -2.34. The van der Waals surface area contributed by atoms with Crippen LogP contribution in [0, 0.1) is 34.5 Å². The molecule has 2 aliphatic carbocycles. The van der Waals surface area contributed by atoms with E-state index in [9.17, 15) is 43.2 Å². The molecule has 8 amide bonds. The second-order valence-corrected chi connectivity index (χ2v) is 21.3. The maximum atomic E-state index is 14.0. The van der Waals surface area contributed by atoms with E-state index in [-0.39, 0.29) is 80.7 Å². The minimum atomic E-state index is -0.775. The Balaban J connectivity index is 0.685. The number of allylic oxidation sites excluding steroid dienone is 4. The Hall–Kier alpha value is -8.97. The largest absolute Gasteiger partial charge is 0.289 e. The van der Waals surface area contributed by atoms with E-state index < -0.39 is 40.2 Å². The molecular weight excluding hydrogens is 957 g/mol. The minimum Gasteiger partial charge on any atom is -0.289 e. The van der Waals surface area contributed by atoms with E-state index in [0.717, 1.165) is 32.1 Å². The lowest BCUT2D eigenvalue weighted by Crippen LogP contribution is -2.40. The zero-order chi connectivity index (χ0) is 53.1. The number of benzene rings is 6. The number of fused-ring (bicyclic) bond motifs is 4. The summed E-state index contributed by atoms with van der Waals surface area (Å²) in [6.07, 6.45) is 10.1. The molecule has 0 N–H and O–H groups in total. The smallest absolute Gasteiger partial charge is 0.266 e. The number of hydrogen-bond donors (Lipinski definition) is 0. The highest BCUT2D eigenvalue weighted by Gasteiger charge is 2.60. The van der Waals surface area contributed by atoms with E-state index in [0.29, 0.717) is 48.4 Å². The highest BCUT2D eigenvalue weighted by Crippen LogP contribution is 2.51. The number of anilines is 4. The second kappa shape index (κ2) is 17.6. The summed E-state index contributed by atoms with van der Waals surface area (Å²) in [7, 11) is 0. The molecule has 6 unspecified atom stereocenters. The Morgan fingerprint density at radius 1 is 0.421 bits per heavy atom. The molecule has 13 nitrogen and oxygen atoms in total. The van der Waals surface area contributed by atoms with Gasteiger partial charge in [0.05, 0.1) is 67.7 Å². The van der Waals surface area contributed by atoms with Gasteiger partial charge in [-0.1, -0.05) is 98.8 Å². The van der Waals surface area contributed by atoms with Gasteiger partial charge in [-0.15, -0.1) is 0 Å². The Morgan fingerprint density at radius 2 is 0.724 bits per heavy atom. The normalized spacial score (nSPS) is 24.5. The van der Waals surface area contributed by atoms with Gasteiger partial charge in [0.2, 0.25) is 23.6 Å². The van der Waals surface area contributed by atoms with Crippen molar-refractivity contribution in [2.75, 3.05) is 19.6 Å². The van der Waals surface area contributed by atoms with Gasteiger partial charge in [0.1, 0.15) is 0 Å². The average molecular weight is 1010 g/mol. The van der Waals surface area contributed by atoms with Crippen LogP contribution >= 0.6 is 0 Å². The van der Waals surface area contributed by atoms with Gasteiger partial charge in [0.25, 0.3) is 23.6 Å². The van der Waals surface area contributed by atoms with Crippen LogP contribution < -0.4 is 19.6 Å². The van der Waals surface area contributed by atoms with Gasteiger partial charge < -0.3 is 0 Å². The minimum absolute atomic E-state index is 0.0525. The summed E-state index contributed by atoms with van der Waals surface area (Å²) >= 11 is 0. The van der Waals surface area contributed by atoms with Crippen molar-refractivity contribution in [3.8, 4) is 0 Å². The van der Waals surface area contributed by atoms with Crippen LogP contribution in [0.2, 0.25) is 0 Å². The predicted octanol–water partition coefficient (Wildman–Crippen LogP) is 9.88. The topological polar surface area (TPSA) is 167 Å². The van der Waals surface area contributed by atoms with Crippen molar-refractivity contribution >= 4 is 75.8 Å². The van der Waals surface area contributed by atoms with Crippen LogP contribution in [0.4, 0.5) is 22.7 Å². The summed E-state index contributed by atoms with van der Waals surface area (Å²) in [5, 5.41) is 0. The summed E-state index contributed by atoms with van der Waals surface area (Å²) < 4.78 is 0. The fourth-order valence-corrected chi connectivity index (χ4v) is 12.2. The number of amides is 8. The van der Waals surface area contributed by atoms with Crippen LogP contribution in [0.1, 0.15) is 120 Å². The lowest BCUT2D eigenvalue weighted by molar-refractivity contribution is -0.129. The molecule has 12 rings (SSSR count). The first-order valence-corrected chi connectivity index (χ1v) is 25.5. The monoisotopic (exact) mass is 1010 g/mol. The summed E-state index contributed by atoms with van der Waals surface area (Å²) in [5.74, 6) is -4.36. The zero-order valence-electron chi connectivity index (χ0n) is 42.1. The fraction of sp³-hybridized carbons (Fsp3) is 0.222. The third kappa shape index (κ3) is 7.16. The van der Waals surface area contributed by atoms with Crippen LogP contribution in [-0.4, -0.2) is 53.0 Å². The quantitative estimate of drug-likeness (QED) is 0.0737. The van der Waals surface area contributed by atoms with E-state index >= 15 is 0 Å². The Bertz CT molecular complexity index is 3410. The van der Waals surface area contributed by atoms with Gasteiger partial charge in [-0.25, -0.2) is 19.6 Å². The third-order valence-corrected chi connectivity index (χ3v) is 17.2. The molecular formula is C63H50N4O9. The first-order valence-electron chi connectivity index (χ1n) is 25.5. The van der Waals surface area contributed by atoms with Gasteiger partial charge >= 0.3 is 0 Å². The first-order chi connectivity index (χ1) is 36.5. The molecule has 2 fully saturated rings. The molecule has 0 aromatic heterocycles. The van der Waals surface area contributed by atoms with Crippen LogP contribution in [0.15, 0.2) is 158 Å².